The largest absolute Gasteiger partial charge is 0.461 e. The van der Waals surface area contributed by atoms with Crippen molar-refractivity contribution in [2.75, 3.05) is 26.4 Å². The molecule has 1 fully saturated rings. The average molecular weight is 430 g/mol. The van der Waals surface area contributed by atoms with Crippen LogP contribution in [0, 0.1) is 12.3 Å². The van der Waals surface area contributed by atoms with Gasteiger partial charge in [0, 0.05) is 45.5 Å². The summed E-state index contributed by atoms with van der Waals surface area (Å²) in [5.74, 6) is -0.448. The molecular weight excluding hydrogens is 398 g/mol. The van der Waals surface area contributed by atoms with Gasteiger partial charge in [-0.25, -0.2) is 4.79 Å². The predicted molar refractivity (Wildman–Crippen MR) is 113 cm³/mol. The fraction of sp³-hybridized carbons (Fsp3) is 0.636. The molecule has 1 N–H and O–H groups in total. The Hall–Kier alpha value is -2.68. The standard InChI is InChI=1S/C22H31N5O4/c1-4-16-19-18(13-22(14-23-20(19)28)6-10-30-11-7-22)27(25-16)8-5-9-31-21(29)17-12-15(2)26(3)24-17/h12H,4-11,13-14H2,1-3H3,(H,23,28). The molecular formula is C22H31N5O4. The van der Waals surface area contributed by atoms with Crippen LogP contribution in [-0.4, -0.2) is 57.8 Å². The Labute approximate surface area is 182 Å². The van der Waals surface area contributed by atoms with Gasteiger partial charge < -0.3 is 14.8 Å². The summed E-state index contributed by atoms with van der Waals surface area (Å²) in [6.07, 6.45) is 3.99. The lowest BCUT2D eigenvalue weighted by Crippen LogP contribution is -2.40. The van der Waals surface area contributed by atoms with E-state index in [1.165, 1.54) is 0 Å². The third kappa shape index (κ3) is 4.37. The van der Waals surface area contributed by atoms with E-state index >= 15 is 0 Å². The van der Waals surface area contributed by atoms with Crippen LogP contribution >= 0.6 is 0 Å². The topological polar surface area (TPSA) is 100 Å². The molecule has 1 saturated heterocycles. The summed E-state index contributed by atoms with van der Waals surface area (Å²) < 4.78 is 14.6. The number of hydrogen-bond acceptors (Lipinski definition) is 6. The van der Waals surface area contributed by atoms with Crippen LogP contribution in [0.2, 0.25) is 0 Å². The molecule has 2 aromatic heterocycles. The van der Waals surface area contributed by atoms with Crippen LogP contribution in [0.4, 0.5) is 0 Å². The first-order chi connectivity index (χ1) is 14.9. The molecule has 2 aliphatic rings. The quantitative estimate of drug-likeness (QED) is 0.555. The van der Waals surface area contributed by atoms with E-state index in [2.05, 4.69) is 10.4 Å². The molecule has 1 amide bonds. The minimum atomic E-state index is -0.419. The second kappa shape index (κ2) is 8.82. The summed E-state index contributed by atoms with van der Waals surface area (Å²) in [5.41, 5.74) is 3.80. The van der Waals surface area contributed by atoms with Gasteiger partial charge in [0.05, 0.1) is 23.6 Å². The number of aryl methyl sites for hydroxylation is 4. The highest BCUT2D eigenvalue weighted by molar-refractivity contribution is 5.97. The van der Waals surface area contributed by atoms with Gasteiger partial charge in [-0.05, 0) is 44.1 Å². The van der Waals surface area contributed by atoms with Crippen molar-refractivity contribution in [2.45, 2.75) is 52.5 Å². The molecule has 0 atom stereocenters. The van der Waals surface area contributed by atoms with Gasteiger partial charge in [-0.15, -0.1) is 0 Å². The molecule has 4 rings (SSSR count). The smallest absolute Gasteiger partial charge is 0.358 e. The highest BCUT2D eigenvalue weighted by Crippen LogP contribution is 2.37. The van der Waals surface area contributed by atoms with E-state index in [-0.39, 0.29) is 17.9 Å². The minimum absolute atomic E-state index is 0.0191. The van der Waals surface area contributed by atoms with E-state index in [1.54, 1.807) is 17.8 Å². The number of hydrogen-bond donors (Lipinski definition) is 1. The highest BCUT2D eigenvalue weighted by atomic mass is 16.5. The van der Waals surface area contributed by atoms with E-state index in [1.807, 2.05) is 18.5 Å². The van der Waals surface area contributed by atoms with E-state index in [9.17, 15) is 9.59 Å². The molecule has 0 unspecified atom stereocenters. The first-order valence-corrected chi connectivity index (χ1v) is 11.0. The molecule has 0 saturated carbocycles. The highest BCUT2D eigenvalue weighted by Gasteiger charge is 2.39. The fourth-order valence-corrected chi connectivity index (χ4v) is 4.47. The van der Waals surface area contributed by atoms with Gasteiger partial charge in [0.25, 0.3) is 5.91 Å². The molecule has 0 aromatic carbocycles. The molecule has 0 radical (unpaired) electrons. The molecule has 1 spiro atoms. The number of nitrogens with zero attached hydrogens (tertiary/aromatic N) is 4. The van der Waals surface area contributed by atoms with Crippen LogP contribution in [0.3, 0.4) is 0 Å². The number of nitrogens with one attached hydrogen (secondary N) is 1. The van der Waals surface area contributed by atoms with E-state index < -0.39 is 5.97 Å². The van der Waals surface area contributed by atoms with E-state index in [0.29, 0.717) is 31.6 Å². The van der Waals surface area contributed by atoms with Crippen molar-refractivity contribution in [2.24, 2.45) is 12.5 Å². The lowest BCUT2D eigenvalue weighted by atomic mass is 9.76. The van der Waals surface area contributed by atoms with Gasteiger partial charge >= 0.3 is 5.97 Å². The third-order valence-electron chi connectivity index (χ3n) is 6.48. The molecule has 9 nitrogen and oxygen atoms in total. The second-order valence-electron chi connectivity index (χ2n) is 8.60. The van der Waals surface area contributed by atoms with Gasteiger partial charge in [-0.3, -0.25) is 14.2 Å². The lowest BCUT2D eigenvalue weighted by Gasteiger charge is -2.36. The van der Waals surface area contributed by atoms with Gasteiger partial charge in [0.2, 0.25) is 0 Å². The van der Waals surface area contributed by atoms with Crippen molar-refractivity contribution in [3.05, 3.63) is 34.4 Å². The summed E-state index contributed by atoms with van der Waals surface area (Å²) in [6.45, 7) is 6.90. The molecule has 168 valence electrons. The van der Waals surface area contributed by atoms with Crippen molar-refractivity contribution in [1.82, 2.24) is 24.9 Å². The van der Waals surface area contributed by atoms with Crippen LogP contribution in [0.15, 0.2) is 6.07 Å². The van der Waals surface area contributed by atoms with Crippen molar-refractivity contribution in [3.63, 3.8) is 0 Å². The monoisotopic (exact) mass is 429 g/mol. The van der Waals surface area contributed by atoms with Crippen molar-refractivity contribution in [1.29, 1.82) is 0 Å². The van der Waals surface area contributed by atoms with Gasteiger partial charge in [0.15, 0.2) is 5.69 Å². The maximum atomic E-state index is 12.9. The SMILES string of the molecule is CCc1nn(CCCOC(=O)c2cc(C)n(C)n2)c2c1C(=O)NCC1(CCOCC1)C2. The number of ether oxygens (including phenoxy) is 2. The molecule has 0 aliphatic carbocycles. The summed E-state index contributed by atoms with van der Waals surface area (Å²) in [7, 11) is 1.79. The summed E-state index contributed by atoms with van der Waals surface area (Å²) in [5, 5.41) is 12.0. The second-order valence-corrected chi connectivity index (χ2v) is 8.60. The van der Waals surface area contributed by atoms with E-state index in [4.69, 9.17) is 14.6 Å². The molecule has 2 aromatic rings. The zero-order chi connectivity index (χ0) is 22.0. The van der Waals surface area contributed by atoms with Crippen molar-refractivity contribution >= 4 is 11.9 Å². The number of carbonyl (C=O) groups excluding carboxylic acids is 2. The maximum Gasteiger partial charge on any atom is 0.358 e. The first kappa shape index (κ1) is 21.5. The number of aromatic nitrogens is 4. The summed E-state index contributed by atoms with van der Waals surface area (Å²) in [4.78, 5) is 25.1. The van der Waals surface area contributed by atoms with Crippen molar-refractivity contribution in [3.8, 4) is 0 Å². The Morgan fingerprint density at radius 2 is 2.10 bits per heavy atom. The molecule has 2 aliphatic heterocycles. The number of carbonyl (C=O) groups is 2. The van der Waals surface area contributed by atoms with Crippen LogP contribution in [0.1, 0.15) is 64.1 Å². The molecule has 9 heteroatoms. The number of esters is 1. The Morgan fingerprint density at radius 3 is 2.77 bits per heavy atom. The van der Waals surface area contributed by atoms with Gasteiger partial charge in [-0.2, -0.15) is 10.2 Å². The molecule has 0 bridgehead atoms. The first-order valence-electron chi connectivity index (χ1n) is 11.0. The Morgan fingerprint density at radius 1 is 1.32 bits per heavy atom. The Kier molecular flexibility index (Phi) is 6.13. The van der Waals surface area contributed by atoms with Crippen LogP contribution in [0.5, 0.6) is 0 Å². The predicted octanol–water partition coefficient (Wildman–Crippen LogP) is 1.82. The van der Waals surface area contributed by atoms with Crippen molar-refractivity contribution < 1.29 is 19.1 Å². The zero-order valence-corrected chi connectivity index (χ0v) is 18.6. The summed E-state index contributed by atoms with van der Waals surface area (Å²) in [6, 6.07) is 1.72. The molecule has 4 heterocycles. The lowest BCUT2D eigenvalue weighted by molar-refractivity contribution is 0.0152. The fourth-order valence-electron chi connectivity index (χ4n) is 4.47. The summed E-state index contributed by atoms with van der Waals surface area (Å²) >= 11 is 0. The minimum Gasteiger partial charge on any atom is -0.461 e. The number of rotatable bonds is 6. The number of amides is 1. The van der Waals surface area contributed by atoms with Gasteiger partial charge in [0.1, 0.15) is 0 Å². The molecule has 31 heavy (non-hydrogen) atoms. The Bertz CT molecular complexity index is 951. The van der Waals surface area contributed by atoms with Crippen LogP contribution < -0.4 is 5.32 Å². The zero-order valence-electron chi connectivity index (χ0n) is 18.6. The Balaban J connectivity index is 1.45. The normalized spacial score (nSPS) is 17.8. The van der Waals surface area contributed by atoms with Crippen LogP contribution in [-0.2, 0) is 35.9 Å². The maximum absolute atomic E-state index is 12.9. The third-order valence-corrected chi connectivity index (χ3v) is 6.48. The van der Waals surface area contributed by atoms with Gasteiger partial charge in [-0.1, -0.05) is 6.92 Å². The number of fused-ring (bicyclic) bond motifs is 1. The van der Waals surface area contributed by atoms with E-state index in [0.717, 1.165) is 55.1 Å². The average Bonchev–Trinajstić information content (AvgIpc) is 3.25. The van der Waals surface area contributed by atoms with Crippen LogP contribution in [0.25, 0.3) is 0 Å².